The number of nitrogens with one attached hydrogen (secondary N) is 1. The lowest BCUT2D eigenvalue weighted by molar-refractivity contribution is 0.270. The van der Waals surface area contributed by atoms with Crippen LogP contribution in [0.2, 0.25) is 0 Å². The normalized spacial score (nSPS) is 11.0. The lowest BCUT2D eigenvalue weighted by atomic mass is 10.1. The van der Waals surface area contributed by atoms with Crippen LogP contribution < -0.4 is 19.6 Å². The first-order valence-electron chi connectivity index (χ1n) is 11.0. The maximum Gasteiger partial charge on any atom is 0.161 e. The van der Waals surface area contributed by atoms with Crippen LogP contribution in [0.1, 0.15) is 23.6 Å². The summed E-state index contributed by atoms with van der Waals surface area (Å²) >= 11 is 0. The summed E-state index contributed by atoms with van der Waals surface area (Å²) in [7, 11) is 1.67. The first kappa shape index (κ1) is 22.2. The van der Waals surface area contributed by atoms with E-state index in [0.717, 1.165) is 22.4 Å². The molecule has 0 atom stereocenters. The van der Waals surface area contributed by atoms with Gasteiger partial charge in [-0.3, -0.25) is 0 Å². The molecule has 0 fully saturated rings. The molecule has 0 aliphatic heterocycles. The first-order chi connectivity index (χ1) is 16.3. The Hall–Kier alpha value is -3.99. The van der Waals surface area contributed by atoms with Gasteiger partial charge in [0.05, 0.1) is 26.5 Å². The number of methoxy groups -OCH3 is 1. The zero-order valence-corrected chi connectivity index (χ0v) is 19.0. The lowest BCUT2D eigenvalue weighted by Gasteiger charge is -2.14. The van der Waals surface area contributed by atoms with E-state index >= 15 is 0 Å². The molecule has 4 aromatic rings. The Bertz CT molecular complexity index is 1230. The summed E-state index contributed by atoms with van der Waals surface area (Å²) in [6.45, 7) is 3.56. The van der Waals surface area contributed by atoms with Crippen molar-refractivity contribution in [2.24, 2.45) is 5.10 Å². The summed E-state index contributed by atoms with van der Waals surface area (Å²) in [5.74, 6) is 2.25. The highest BCUT2D eigenvalue weighted by molar-refractivity contribution is 5.85. The second-order valence-corrected chi connectivity index (χ2v) is 7.47. The molecule has 0 unspecified atom stereocenters. The smallest absolute Gasteiger partial charge is 0.161 e. The third-order valence-corrected chi connectivity index (χ3v) is 5.30. The average molecular weight is 441 g/mol. The van der Waals surface area contributed by atoms with Crippen LogP contribution in [0.5, 0.6) is 17.2 Å². The van der Waals surface area contributed by atoms with Crippen LogP contribution in [-0.4, -0.2) is 19.9 Å². The summed E-state index contributed by atoms with van der Waals surface area (Å²) in [4.78, 5) is 0. The second kappa shape index (κ2) is 11.0. The predicted molar refractivity (Wildman–Crippen MR) is 133 cm³/mol. The van der Waals surface area contributed by atoms with Gasteiger partial charge in [-0.2, -0.15) is 5.10 Å². The summed E-state index contributed by atoms with van der Waals surface area (Å²) in [5, 5.41) is 6.75. The number of nitrogens with zero attached hydrogens (tertiary/aromatic N) is 1. The van der Waals surface area contributed by atoms with Gasteiger partial charge in [-0.15, -0.1) is 0 Å². The number of hydrogen-bond acceptors (Lipinski definition) is 5. The van der Waals surface area contributed by atoms with Crippen LogP contribution in [0.15, 0.2) is 90.0 Å². The van der Waals surface area contributed by atoms with Gasteiger partial charge < -0.3 is 19.6 Å². The van der Waals surface area contributed by atoms with Gasteiger partial charge in [-0.1, -0.05) is 60.7 Å². The number of para-hydroxylation sites is 1. The van der Waals surface area contributed by atoms with E-state index in [4.69, 9.17) is 14.2 Å². The molecule has 0 amide bonds. The van der Waals surface area contributed by atoms with E-state index in [-0.39, 0.29) is 0 Å². The molecular formula is C28H28N2O3. The number of hydrazone groups is 1. The van der Waals surface area contributed by atoms with E-state index in [1.54, 1.807) is 13.3 Å². The Balaban J connectivity index is 1.43. The molecule has 0 aromatic heterocycles. The Labute approximate surface area is 194 Å². The second-order valence-electron chi connectivity index (χ2n) is 7.47. The van der Waals surface area contributed by atoms with Gasteiger partial charge in [0.15, 0.2) is 11.5 Å². The van der Waals surface area contributed by atoms with Crippen molar-refractivity contribution in [3.63, 3.8) is 0 Å². The van der Waals surface area contributed by atoms with Crippen LogP contribution in [0.25, 0.3) is 10.8 Å². The highest BCUT2D eigenvalue weighted by Gasteiger charge is 2.08. The molecule has 0 spiro atoms. The molecule has 5 heteroatoms. The number of hydrogen-bond donors (Lipinski definition) is 1. The Morgan fingerprint density at radius 2 is 1.58 bits per heavy atom. The highest BCUT2D eigenvalue weighted by atomic mass is 16.5. The van der Waals surface area contributed by atoms with E-state index in [2.05, 4.69) is 40.9 Å². The SMILES string of the molecule is CCOc1cc(/C=N/NCc2ccccc2OC)ccc1OCc1cccc2ccccc12. The van der Waals surface area contributed by atoms with Crippen molar-refractivity contribution in [1.82, 2.24) is 5.43 Å². The zero-order chi connectivity index (χ0) is 22.9. The minimum Gasteiger partial charge on any atom is -0.496 e. The molecule has 0 bridgehead atoms. The van der Waals surface area contributed by atoms with Crippen molar-refractivity contribution in [3.8, 4) is 17.2 Å². The van der Waals surface area contributed by atoms with E-state index in [9.17, 15) is 0 Å². The minimum atomic E-state index is 0.468. The summed E-state index contributed by atoms with van der Waals surface area (Å²) < 4.78 is 17.4. The van der Waals surface area contributed by atoms with Gasteiger partial charge in [0.25, 0.3) is 0 Å². The van der Waals surface area contributed by atoms with Crippen LogP contribution in [-0.2, 0) is 13.2 Å². The highest BCUT2D eigenvalue weighted by Crippen LogP contribution is 2.30. The molecule has 0 heterocycles. The number of benzene rings is 4. The van der Waals surface area contributed by atoms with Crippen LogP contribution in [0.4, 0.5) is 0 Å². The maximum absolute atomic E-state index is 6.15. The standard InChI is InChI=1S/C28H28N2O3/c1-3-32-28-17-21(18-29-30-19-23-10-5-7-14-26(23)31-2)15-16-27(28)33-20-24-12-8-11-22-9-4-6-13-25(22)24/h4-18,30H,3,19-20H2,1-2H3/b29-18+. The first-order valence-corrected chi connectivity index (χ1v) is 11.0. The monoisotopic (exact) mass is 440 g/mol. The predicted octanol–water partition coefficient (Wildman–Crippen LogP) is 5.95. The maximum atomic E-state index is 6.15. The fraction of sp³-hybridized carbons (Fsp3) is 0.179. The Kier molecular flexibility index (Phi) is 7.44. The van der Waals surface area contributed by atoms with E-state index < -0.39 is 0 Å². The molecule has 33 heavy (non-hydrogen) atoms. The van der Waals surface area contributed by atoms with Crippen molar-refractivity contribution in [2.45, 2.75) is 20.1 Å². The number of fused-ring (bicyclic) bond motifs is 1. The fourth-order valence-electron chi connectivity index (χ4n) is 3.67. The topological polar surface area (TPSA) is 52.1 Å². The lowest BCUT2D eigenvalue weighted by Crippen LogP contribution is -2.07. The molecule has 0 aliphatic carbocycles. The summed E-state index contributed by atoms with van der Waals surface area (Å²) in [6.07, 6.45) is 1.77. The Morgan fingerprint density at radius 1 is 0.788 bits per heavy atom. The quantitative estimate of drug-likeness (QED) is 0.245. The van der Waals surface area contributed by atoms with Crippen LogP contribution >= 0.6 is 0 Å². The zero-order valence-electron chi connectivity index (χ0n) is 19.0. The molecule has 0 saturated heterocycles. The largest absolute Gasteiger partial charge is 0.496 e. The summed E-state index contributed by atoms with van der Waals surface area (Å²) in [5.41, 5.74) is 6.18. The van der Waals surface area contributed by atoms with Gasteiger partial charge in [0.2, 0.25) is 0 Å². The third-order valence-electron chi connectivity index (χ3n) is 5.30. The van der Waals surface area contributed by atoms with Gasteiger partial charge in [-0.25, -0.2) is 0 Å². The fourth-order valence-corrected chi connectivity index (χ4v) is 3.67. The van der Waals surface area contributed by atoms with Crippen molar-refractivity contribution in [2.75, 3.05) is 13.7 Å². The molecule has 1 N–H and O–H groups in total. The van der Waals surface area contributed by atoms with E-state index in [0.29, 0.717) is 31.3 Å². The molecular weight excluding hydrogens is 412 g/mol. The molecule has 4 rings (SSSR count). The van der Waals surface area contributed by atoms with Gasteiger partial charge in [0.1, 0.15) is 12.4 Å². The van der Waals surface area contributed by atoms with Crippen molar-refractivity contribution in [3.05, 3.63) is 102 Å². The van der Waals surface area contributed by atoms with Crippen molar-refractivity contribution in [1.29, 1.82) is 0 Å². The van der Waals surface area contributed by atoms with Gasteiger partial charge in [0, 0.05) is 5.56 Å². The van der Waals surface area contributed by atoms with Crippen LogP contribution in [0, 0.1) is 0 Å². The summed E-state index contributed by atoms with van der Waals surface area (Å²) in [6, 6.07) is 28.3. The van der Waals surface area contributed by atoms with Crippen molar-refractivity contribution < 1.29 is 14.2 Å². The van der Waals surface area contributed by atoms with Gasteiger partial charge in [-0.05, 0) is 53.1 Å². The van der Waals surface area contributed by atoms with Gasteiger partial charge >= 0.3 is 0 Å². The van der Waals surface area contributed by atoms with Crippen molar-refractivity contribution >= 4 is 17.0 Å². The minimum absolute atomic E-state index is 0.468. The average Bonchev–Trinajstić information content (AvgIpc) is 2.86. The Morgan fingerprint density at radius 3 is 2.45 bits per heavy atom. The molecule has 0 aliphatic rings. The molecule has 0 saturated carbocycles. The van der Waals surface area contributed by atoms with Crippen LogP contribution in [0.3, 0.4) is 0 Å². The van der Waals surface area contributed by atoms with E-state index in [1.165, 1.54) is 10.8 Å². The van der Waals surface area contributed by atoms with E-state index in [1.807, 2.05) is 61.5 Å². The molecule has 4 aromatic carbocycles. The number of rotatable bonds is 10. The molecule has 168 valence electrons. The number of ether oxygens (including phenoxy) is 3. The third kappa shape index (κ3) is 5.63. The molecule has 0 radical (unpaired) electrons. The molecule has 5 nitrogen and oxygen atoms in total.